The topological polar surface area (TPSA) is 0 Å². The normalized spacial score (nSPS) is 12.4. The van der Waals surface area contributed by atoms with E-state index < -0.39 is 0 Å². The predicted octanol–water partition coefficient (Wildman–Crippen LogP) is 11.8. The first-order chi connectivity index (χ1) is 21.0. The average molecular weight is 555 g/mol. The van der Waals surface area contributed by atoms with Crippen molar-refractivity contribution in [3.05, 3.63) is 186 Å². The number of benzene rings is 6. The first kappa shape index (κ1) is 28.2. The minimum absolute atomic E-state index is 0.320. The Hall–Kier alpha value is -4.94. The molecule has 0 aromatic heterocycles. The van der Waals surface area contributed by atoms with Gasteiger partial charge in [0.05, 0.1) is 0 Å². The Morgan fingerprint density at radius 1 is 0.674 bits per heavy atom. The van der Waals surface area contributed by atoms with Gasteiger partial charge in [-0.1, -0.05) is 159 Å². The van der Waals surface area contributed by atoms with Gasteiger partial charge in [-0.25, -0.2) is 0 Å². The zero-order valence-electron chi connectivity index (χ0n) is 25.3. The first-order valence-corrected chi connectivity index (χ1v) is 15.2. The van der Waals surface area contributed by atoms with Crippen LogP contribution in [0.5, 0.6) is 0 Å². The summed E-state index contributed by atoms with van der Waals surface area (Å²) < 4.78 is 0. The van der Waals surface area contributed by atoms with Gasteiger partial charge in [0, 0.05) is 0 Å². The second-order valence-electron chi connectivity index (χ2n) is 11.6. The van der Waals surface area contributed by atoms with Gasteiger partial charge in [-0.3, -0.25) is 0 Å². The van der Waals surface area contributed by atoms with E-state index in [9.17, 15) is 0 Å². The molecule has 6 rings (SSSR count). The van der Waals surface area contributed by atoms with E-state index in [0.29, 0.717) is 5.92 Å². The second-order valence-corrected chi connectivity index (χ2v) is 11.6. The van der Waals surface area contributed by atoms with Gasteiger partial charge in [0.25, 0.3) is 0 Å². The lowest BCUT2D eigenvalue weighted by molar-refractivity contribution is 0.964. The van der Waals surface area contributed by atoms with Crippen molar-refractivity contribution < 1.29 is 0 Å². The summed E-state index contributed by atoms with van der Waals surface area (Å²) in [6, 6.07) is 44.2. The highest BCUT2D eigenvalue weighted by atomic mass is 14.2. The first-order valence-electron chi connectivity index (χ1n) is 15.2. The van der Waals surface area contributed by atoms with Crippen molar-refractivity contribution in [1.29, 1.82) is 0 Å². The van der Waals surface area contributed by atoms with E-state index >= 15 is 0 Å². The van der Waals surface area contributed by atoms with Crippen molar-refractivity contribution in [2.24, 2.45) is 0 Å². The van der Waals surface area contributed by atoms with E-state index in [1.54, 1.807) is 0 Å². The van der Waals surface area contributed by atoms with E-state index in [4.69, 9.17) is 0 Å². The van der Waals surface area contributed by atoms with Gasteiger partial charge < -0.3 is 0 Å². The van der Waals surface area contributed by atoms with Crippen LogP contribution < -0.4 is 0 Å². The highest BCUT2D eigenvalue weighted by molar-refractivity contribution is 6.07. The molecule has 0 heteroatoms. The third-order valence-electron chi connectivity index (χ3n) is 8.60. The molecule has 0 amide bonds. The van der Waals surface area contributed by atoms with E-state index in [1.165, 1.54) is 66.1 Å². The molecule has 0 bridgehead atoms. The van der Waals surface area contributed by atoms with Gasteiger partial charge in [-0.2, -0.15) is 0 Å². The molecule has 0 saturated heterocycles. The molecule has 0 aliphatic carbocycles. The smallest absolute Gasteiger partial charge is 0.000732 e. The number of fused-ring (bicyclic) bond motifs is 2. The average Bonchev–Trinajstić information content (AvgIpc) is 3.03. The summed E-state index contributed by atoms with van der Waals surface area (Å²) in [7, 11) is 0. The van der Waals surface area contributed by atoms with Crippen LogP contribution in [-0.4, -0.2) is 0 Å². The zero-order valence-corrected chi connectivity index (χ0v) is 25.3. The maximum Gasteiger partial charge on any atom is -0.000732 e. The van der Waals surface area contributed by atoms with E-state index in [1.807, 2.05) is 0 Å². The van der Waals surface area contributed by atoms with Crippen molar-refractivity contribution >= 4 is 27.1 Å². The molecule has 1 atom stereocenters. The fraction of sp³-hybridized carbons (Fsp3) is 0.116. The number of hydrogen-bond acceptors (Lipinski definition) is 0. The third-order valence-corrected chi connectivity index (χ3v) is 8.60. The van der Waals surface area contributed by atoms with Crippen molar-refractivity contribution in [2.75, 3.05) is 0 Å². The number of hydrogen-bond donors (Lipinski definition) is 0. The summed E-state index contributed by atoms with van der Waals surface area (Å²) >= 11 is 0. The largest absolute Gasteiger partial charge is 0.0912 e. The number of aryl methyl sites for hydroxylation is 2. The molecule has 6 aromatic carbocycles. The minimum Gasteiger partial charge on any atom is -0.0912 e. The van der Waals surface area contributed by atoms with Gasteiger partial charge in [-0.05, 0) is 97.8 Å². The zero-order chi connectivity index (χ0) is 29.8. The Kier molecular flexibility index (Phi) is 8.20. The Balaban J connectivity index is 1.25. The molecule has 0 nitrogen and oxygen atoms in total. The molecule has 0 radical (unpaired) electrons. The predicted molar refractivity (Wildman–Crippen MR) is 188 cm³/mol. The van der Waals surface area contributed by atoms with E-state index in [-0.39, 0.29) is 0 Å². The molecule has 43 heavy (non-hydrogen) atoms. The van der Waals surface area contributed by atoms with Crippen molar-refractivity contribution in [3.63, 3.8) is 0 Å². The summed E-state index contributed by atoms with van der Waals surface area (Å²) in [5, 5.41) is 5.22. The molecule has 0 heterocycles. The maximum absolute atomic E-state index is 4.25. The Bertz CT molecular complexity index is 1980. The Morgan fingerprint density at radius 3 is 2.19 bits per heavy atom. The number of allylic oxidation sites excluding steroid dienone is 5. The van der Waals surface area contributed by atoms with Crippen molar-refractivity contribution in [1.82, 2.24) is 0 Å². The fourth-order valence-corrected chi connectivity index (χ4v) is 6.21. The van der Waals surface area contributed by atoms with Crippen molar-refractivity contribution in [2.45, 2.75) is 33.1 Å². The molecular formula is C43H38. The van der Waals surface area contributed by atoms with Gasteiger partial charge in [0.1, 0.15) is 0 Å². The van der Waals surface area contributed by atoms with Crippen LogP contribution in [0.15, 0.2) is 152 Å². The molecule has 1 unspecified atom stereocenters. The molecule has 0 aliphatic heterocycles. The van der Waals surface area contributed by atoms with Crippen LogP contribution >= 0.6 is 0 Å². The summed E-state index contributed by atoms with van der Waals surface area (Å²) in [5.74, 6) is 0.320. The molecular weight excluding hydrogens is 516 g/mol. The van der Waals surface area contributed by atoms with Gasteiger partial charge in [-0.15, -0.1) is 0 Å². The summed E-state index contributed by atoms with van der Waals surface area (Å²) in [5.41, 5.74) is 11.4. The Morgan fingerprint density at radius 2 is 1.37 bits per heavy atom. The monoisotopic (exact) mass is 554 g/mol. The van der Waals surface area contributed by atoms with Crippen LogP contribution in [0.1, 0.15) is 46.2 Å². The molecule has 6 aromatic rings. The summed E-state index contributed by atoms with van der Waals surface area (Å²) in [6.45, 7) is 10.8. The molecule has 0 fully saturated rings. The van der Waals surface area contributed by atoms with Crippen LogP contribution in [-0.2, 0) is 6.42 Å². The molecule has 0 N–H and O–H groups in total. The van der Waals surface area contributed by atoms with Crippen LogP contribution in [0.2, 0.25) is 0 Å². The third kappa shape index (κ3) is 6.01. The second kappa shape index (κ2) is 12.5. The van der Waals surface area contributed by atoms with Crippen molar-refractivity contribution in [3.8, 4) is 11.1 Å². The van der Waals surface area contributed by atoms with Crippen LogP contribution in [0.4, 0.5) is 0 Å². The molecule has 0 spiro atoms. The number of rotatable bonds is 8. The maximum atomic E-state index is 4.25. The molecule has 0 saturated carbocycles. The lowest BCUT2D eigenvalue weighted by Gasteiger charge is -2.17. The van der Waals surface area contributed by atoms with Crippen LogP contribution in [0.3, 0.4) is 0 Å². The fourth-order valence-electron chi connectivity index (χ4n) is 6.21. The quantitative estimate of drug-likeness (QED) is 0.164. The highest BCUT2D eigenvalue weighted by Crippen LogP contribution is 2.39. The van der Waals surface area contributed by atoms with Gasteiger partial charge in [0.15, 0.2) is 0 Å². The standard InChI is InChI=1S/C43H38/c1-30(13-5-6-14-31(2)39-20-9-7-15-32(39)3)35-25-23-34(24-26-35)29-38-28-27-36-17-8-10-21-40(36)43(38)41-22-12-19-37-18-11-16-33(4)42(37)41/h5-28,30H,2,29H2,1,3-4H3/b13-5-,14-6-. The van der Waals surface area contributed by atoms with Crippen LogP contribution in [0.25, 0.3) is 38.2 Å². The van der Waals surface area contributed by atoms with Gasteiger partial charge >= 0.3 is 0 Å². The SMILES string of the molecule is C=C(/C=C\C=C/C(C)c1ccc(Cc2ccc3ccccc3c2-c2cccc3cccc(C)c23)cc1)c1ccccc1C. The van der Waals surface area contributed by atoms with Gasteiger partial charge in [0.2, 0.25) is 0 Å². The summed E-state index contributed by atoms with van der Waals surface area (Å²) in [6.07, 6.45) is 9.45. The minimum atomic E-state index is 0.320. The van der Waals surface area contributed by atoms with E-state index in [2.05, 4.69) is 173 Å². The summed E-state index contributed by atoms with van der Waals surface area (Å²) in [4.78, 5) is 0. The lowest BCUT2D eigenvalue weighted by Crippen LogP contribution is -1.96. The van der Waals surface area contributed by atoms with Crippen LogP contribution in [0, 0.1) is 13.8 Å². The molecule has 210 valence electrons. The molecule has 0 aliphatic rings. The lowest BCUT2D eigenvalue weighted by atomic mass is 9.86. The van der Waals surface area contributed by atoms with E-state index in [0.717, 1.165) is 12.0 Å². The highest BCUT2D eigenvalue weighted by Gasteiger charge is 2.15. The Labute approximate surface area is 256 Å².